The highest BCUT2D eigenvalue weighted by Crippen LogP contribution is 2.51. The van der Waals surface area contributed by atoms with E-state index in [4.69, 9.17) is 11.6 Å². The van der Waals surface area contributed by atoms with E-state index in [1.165, 1.54) is 12.1 Å². The Bertz CT molecular complexity index is 1570. The van der Waals surface area contributed by atoms with Gasteiger partial charge in [0.2, 0.25) is 0 Å². The van der Waals surface area contributed by atoms with Crippen LogP contribution in [0.15, 0.2) is 89.6 Å². The van der Waals surface area contributed by atoms with Crippen molar-refractivity contribution in [2.75, 3.05) is 4.90 Å². The number of amidine groups is 1. The van der Waals surface area contributed by atoms with Crippen LogP contribution >= 0.6 is 11.6 Å². The number of nitrogens with one attached hydrogen (secondary N) is 1. The quantitative estimate of drug-likeness (QED) is 0.199. The molecule has 0 spiro atoms. The Morgan fingerprint density at radius 2 is 1.74 bits per heavy atom. The number of halogens is 1. The number of rotatable bonds is 4. The van der Waals surface area contributed by atoms with Crippen LogP contribution in [0.3, 0.4) is 0 Å². The summed E-state index contributed by atoms with van der Waals surface area (Å²) in [6.07, 6.45) is 0.815. The third-order valence-corrected chi connectivity index (χ3v) is 7.78. The molecule has 2 N–H and O–H groups in total. The molecule has 8 heteroatoms. The Balaban J connectivity index is 1.84. The van der Waals surface area contributed by atoms with E-state index < -0.39 is 10.8 Å². The van der Waals surface area contributed by atoms with Crippen molar-refractivity contribution in [3.8, 4) is 0 Å². The highest BCUT2D eigenvalue weighted by atomic mass is 35.5. The molecule has 0 saturated carbocycles. The van der Waals surface area contributed by atoms with E-state index >= 15 is 0 Å². The zero-order chi connectivity index (χ0) is 28.1. The van der Waals surface area contributed by atoms with Crippen LogP contribution in [0.5, 0.6) is 0 Å². The number of carbonyl (C=O) groups is 1. The van der Waals surface area contributed by atoms with Crippen LogP contribution in [0.2, 0.25) is 5.02 Å². The van der Waals surface area contributed by atoms with Crippen molar-refractivity contribution in [1.29, 1.82) is 5.41 Å². The number of hydrogen-bond acceptors (Lipinski definition) is 5. The van der Waals surface area contributed by atoms with Gasteiger partial charge in [-0.2, -0.15) is 0 Å². The normalized spacial score (nSPS) is 20.1. The van der Waals surface area contributed by atoms with Crippen molar-refractivity contribution in [2.45, 2.75) is 39.5 Å². The standard InChI is InChI=1S/C31H28ClN3O4/c1-18-9-12-22(15-23(18)32)34-24-16-31(2,3)17-25(36)27(24)26(19-10-13-21(14-11-19)35(38)39)28(30(34)33)29(37)20-7-5-4-6-8-20/h4-15,26,33,37H,16-17H2,1-3H3/b29-28+,33-30?. The first-order chi connectivity index (χ1) is 18.5. The Hall–Kier alpha value is -4.23. The molecule has 7 nitrogen and oxygen atoms in total. The molecule has 0 saturated heterocycles. The van der Waals surface area contributed by atoms with E-state index in [9.17, 15) is 25.4 Å². The number of aliphatic hydroxyl groups excluding tert-OH is 1. The number of aliphatic hydroxyl groups is 1. The molecule has 1 unspecified atom stereocenters. The first kappa shape index (κ1) is 26.4. The molecule has 1 aliphatic carbocycles. The molecular weight excluding hydrogens is 514 g/mol. The maximum absolute atomic E-state index is 13.9. The molecule has 1 atom stereocenters. The number of ketones is 1. The summed E-state index contributed by atoms with van der Waals surface area (Å²) >= 11 is 6.50. The van der Waals surface area contributed by atoms with Crippen LogP contribution in [0.4, 0.5) is 11.4 Å². The van der Waals surface area contributed by atoms with Gasteiger partial charge in [-0.25, -0.2) is 0 Å². The molecule has 1 heterocycles. The third kappa shape index (κ3) is 4.74. The Labute approximate surface area is 231 Å². The zero-order valence-electron chi connectivity index (χ0n) is 21.9. The average molecular weight is 542 g/mol. The summed E-state index contributed by atoms with van der Waals surface area (Å²) in [6.45, 7) is 5.93. The molecule has 198 valence electrons. The van der Waals surface area contributed by atoms with E-state index in [1.54, 1.807) is 47.4 Å². The fraction of sp³-hybridized carbons (Fsp3) is 0.226. The largest absolute Gasteiger partial charge is 0.507 e. The SMILES string of the molecule is Cc1ccc(N2C(=N)/C(=C(/O)c3ccccc3)C(c3ccc([N+](=O)[O-])cc3)C3=C2CC(C)(C)CC3=O)cc1Cl. The second kappa shape index (κ2) is 9.82. The number of Topliss-reactive ketones (excluding diaryl/α,β-unsaturated/α-hetero) is 1. The average Bonchev–Trinajstić information content (AvgIpc) is 2.89. The van der Waals surface area contributed by atoms with Gasteiger partial charge in [0.25, 0.3) is 5.69 Å². The predicted molar refractivity (Wildman–Crippen MR) is 153 cm³/mol. The number of nitro groups is 1. The number of benzene rings is 3. The Kier molecular flexibility index (Phi) is 6.64. The van der Waals surface area contributed by atoms with E-state index in [0.29, 0.717) is 45.9 Å². The molecule has 0 aromatic heterocycles. The number of nitrogens with zero attached hydrogens (tertiary/aromatic N) is 2. The number of hydrogen-bond donors (Lipinski definition) is 2. The molecule has 0 amide bonds. The second-order valence-electron chi connectivity index (χ2n) is 10.8. The van der Waals surface area contributed by atoms with Gasteiger partial charge in [-0.05, 0) is 42.0 Å². The van der Waals surface area contributed by atoms with Crippen LogP contribution < -0.4 is 4.90 Å². The molecule has 2 aliphatic rings. The van der Waals surface area contributed by atoms with E-state index in [-0.39, 0.29) is 34.1 Å². The van der Waals surface area contributed by atoms with Crippen LogP contribution in [0, 0.1) is 27.9 Å². The lowest BCUT2D eigenvalue weighted by atomic mass is 9.67. The van der Waals surface area contributed by atoms with Crippen molar-refractivity contribution in [3.63, 3.8) is 0 Å². The van der Waals surface area contributed by atoms with E-state index in [0.717, 1.165) is 5.56 Å². The van der Waals surface area contributed by atoms with Gasteiger partial charge in [-0.1, -0.05) is 74.0 Å². The van der Waals surface area contributed by atoms with Gasteiger partial charge in [0.15, 0.2) is 5.78 Å². The van der Waals surface area contributed by atoms with Gasteiger partial charge in [0.05, 0.1) is 4.92 Å². The minimum absolute atomic E-state index is 0.0175. The smallest absolute Gasteiger partial charge is 0.269 e. The predicted octanol–water partition coefficient (Wildman–Crippen LogP) is 7.75. The van der Waals surface area contributed by atoms with Crippen LogP contribution in [0.1, 0.15) is 49.3 Å². The number of carbonyl (C=O) groups excluding carboxylic acids is 1. The number of nitro benzene ring substituents is 1. The lowest BCUT2D eigenvalue weighted by Gasteiger charge is -2.45. The van der Waals surface area contributed by atoms with Crippen LogP contribution in [-0.4, -0.2) is 21.6 Å². The molecule has 39 heavy (non-hydrogen) atoms. The summed E-state index contributed by atoms with van der Waals surface area (Å²) in [5, 5.41) is 33.0. The van der Waals surface area contributed by atoms with E-state index in [1.807, 2.05) is 39.0 Å². The topological polar surface area (TPSA) is 108 Å². The molecule has 0 bridgehead atoms. The summed E-state index contributed by atoms with van der Waals surface area (Å²) in [5.74, 6) is -0.979. The lowest BCUT2D eigenvalue weighted by Crippen LogP contribution is -2.45. The van der Waals surface area contributed by atoms with Gasteiger partial charge < -0.3 is 5.11 Å². The van der Waals surface area contributed by atoms with Crippen molar-refractivity contribution >= 4 is 40.4 Å². The maximum atomic E-state index is 13.9. The third-order valence-electron chi connectivity index (χ3n) is 7.38. The van der Waals surface area contributed by atoms with Gasteiger partial charge in [-0.3, -0.25) is 25.2 Å². The highest BCUT2D eigenvalue weighted by molar-refractivity contribution is 6.32. The first-order valence-corrected chi connectivity index (χ1v) is 13.0. The molecular formula is C31H28ClN3O4. The van der Waals surface area contributed by atoms with Crippen molar-refractivity contribution in [1.82, 2.24) is 0 Å². The molecule has 3 aromatic carbocycles. The fourth-order valence-electron chi connectivity index (χ4n) is 5.49. The van der Waals surface area contributed by atoms with E-state index in [2.05, 4.69) is 0 Å². The van der Waals surface area contributed by atoms with Crippen LogP contribution in [0.25, 0.3) is 5.76 Å². The van der Waals surface area contributed by atoms with Crippen molar-refractivity contribution in [2.24, 2.45) is 5.41 Å². The summed E-state index contributed by atoms with van der Waals surface area (Å²) in [5.41, 5.74) is 3.55. The van der Waals surface area contributed by atoms with Crippen LogP contribution in [-0.2, 0) is 4.79 Å². The van der Waals surface area contributed by atoms with Gasteiger partial charge >= 0.3 is 0 Å². The van der Waals surface area contributed by atoms with Crippen molar-refractivity contribution in [3.05, 3.63) is 121 Å². The summed E-state index contributed by atoms with van der Waals surface area (Å²) < 4.78 is 0. The summed E-state index contributed by atoms with van der Waals surface area (Å²) in [4.78, 5) is 26.5. The first-order valence-electron chi connectivity index (χ1n) is 12.6. The second-order valence-corrected chi connectivity index (χ2v) is 11.2. The van der Waals surface area contributed by atoms with Gasteiger partial charge in [-0.15, -0.1) is 0 Å². The molecule has 0 radical (unpaired) electrons. The van der Waals surface area contributed by atoms with Gasteiger partial charge in [0, 0.05) is 57.6 Å². The van der Waals surface area contributed by atoms with Gasteiger partial charge in [0.1, 0.15) is 11.6 Å². The summed E-state index contributed by atoms with van der Waals surface area (Å²) in [7, 11) is 0. The number of allylic oxidation sites excluding steroid dienone is 2. The lowest BCUT2D eigenvalue weighted by molar-refractivity contribution is -0.384. The summed E-state index contributed by atoms with van der Waals surface area (Å²) in [6, 6.07) is 20.4. The molecule has 1 aliphatic heterocycles. The number of anilines is 1. The fourth-order valence-corrected chi connectivity index (χ4v) is 5.67. The minimum Gasteiger partial charge on any atom is -0.507 e. The monoisotopic (exact) mass is 541 g/mol. The van der Waals surface area contributed by atoms with Crippen molar-refractivity contribution < 1.29 is 14.8 Å². The molecule has 5 rings (SSSR count). The highest BCUT2D eigenvalue weighted by Gasteiger charge is 2.47. The molecule has 3 aromatic rings. The zero-order valence-corrected chi connectivity index (χ0v) is 22.6. The number of aryl methyl sites for hydroxylation is 1. The Morgan fingerprint density at radius 3 is 2.36 bits per heavy atom. The number of non-ortho nitro benzene ring substituents is 1. The Morgan fingerprint density at radius 1 is 1.08 bits per heavy atom. The minimum atomic E-state index is -0.783. The molecule has 0 fully saturated rings. The maximum Gasteiger partial charge on any atom is 0.269 e.